The van der Waals surface area contributed by atoms with Gasteiger partial charge >= 0.3 is 0 Å². The molecule has 142 valence electrons. The SMILES string of the molecule is CCn1c(N/N=C\c2cc(C)n(-c3ccccc3Br)c2C)nc2ccccc21. The number of benzene rings is 2. The Morgan fingerprint density at radius 1 is 1.11 bits per heavy atom. The summed E-state index contributed by atoms with van der Waals surface area (Å²) in [5.74, 6) is 0.750. The van der Waals surface area contributed by atoms with Crippen LogP contribution in [0.1, 0.15) is 23.9 Å². The van der Waals surface area contributed by atoms with Crippen molar-refractivity contribution in [1.29, 1.82) is 0 Å². The van der Waals surface area contributed by atoms with Crippen LogP contribution in [0.25, 0.3) is 16.7 Å². The van der Waals surface area contributed by atoms with Crippen molar-refractivity contribution < 1.29 is 0 Å². The summed E-state index contributed by atoms with van der Waals surface area (Å²) in [5, 5.41) is 4.46. The average Bonchev–Trinajstić information content (AvgIpc) is 3.19. The van der Waals surface area contributed by atoms with E-state index in [4.69, 9.17) is 0 Å². The van der Waals surface area contributed by atoms with E-state index in [1.54, 1.807) is 0 Å². The van der Waals surface area contributed by atoms with Gasteiger partial charge in [0.2, 0.25) is 5.95 Å². The quantitative estimate of drug-likeness (QED) is 0.324. The molecule has 0 amide bonds. The molecule has 0 saturated carbocycles. The van der Waals surface area contributed by atoms with Crippen molar-refractivity contribution >= 4 is 39.1 Å². The Morgan fingerprint density at radius 3 is 2.64 bits per heavy atom. The highest BCUT2D eigenvalue weighted by Gasteiger charge is 2.12. The number of rotatable bonds is 5. The highest BCUT2D eigenvalue weighted by Crippen LogP contribution is 2.26. The van der Waals surface area contributed by atoms with Gasteiger partial charge in [0.25, 0.3) is 0 Å². The maximum absolute atomic E-state index is 4.65. The minimum absolute atomic E-state index is 0.750. The lowest BCUT2D eigenvalue weighted by atomic mass is 10.2. The molecule has 0 aliphatic carbocycles. The second-order valence-corrected chi connectivity index (χ2v) is 7.51. The number of hydrogen-bond acceptors (Lipinski definition) is 3. The minimum Gasteiger partial charge on any atom is -0.317 e. The van der Waals surface area contributed by atoms with Gasteiger partial charge in [0.15, 0.2) is 0 Å². The van der Waals surface area contributed by atoms with Crippen LogP contribution in [0.15, 0.2) is 64.2 Å². The van der Waals surface area contributed by atoms with Gasteiger partial charge in [-0.25, -0.2) is 10.4 Å². The Labute approximate surface area is 172 Å². The fourth-order valence-corrected chi connectivity index (χ4v) is 4.02. The molecule has 0 radical (unpaired) electrons. The predicted molar refractivity (Wildman–Crippen MR) is 120 cm³/mol. The first kappa shape index (κ1) is 18.5. The molecule has 2 heterocycles. The topological polar surface area (TPSA) is 47.1 Å². The molecule has 0 saturated heterocycles. The first-order valence-corrected chi connectivity index (χ1v) is 10.1. The molecule has 5 nitrogen and oxygen atoms in total. The van der Waals surface area contributed by atoms with Crippen molar-refractivity contribution in [2.75, 3.05) is 5.43 Å². The highest BCUT2D eigenvalue weighted by molar-refractivity contribution is 9.10. The van der Waals surface area contributed by atoms with Gasteiger partial charge in [-0.3, -0.25) is 0 Å². The zero-order chi connectivity index (χ0) is 19.7. The third kappa shape index (κ3) is 3.24. The summed E-state index contributed by atoms with van der Waals surface area (Å²) >= 11 is 3.65. The van der Waals surface area contributed by atoms with Crippen molar-refractivity contribution in [1.82, 2.24) is 14.1 Å². The normalized spacial score (nSPS) is 11.6. The molecule has 1 N–H and O–H groups in total. The molecule has 28 heavy (non-hydrogen) atoms. The second-order valence-electron chi connectivity index (χ2n) is 6.65. The van der Waals surface area contributed by atoms with E-state index in [1.165, 1.54) is 0 Å². The van der Waals surface area contributed by atoms with E-state index in [1.807, 2.05) is 36.5 Å². The number of anilines is 1. The third-order valence-electron chi connectivity index (χ3n) is 4.90. The standard InChI is InChI=1S/C22H22BrN5/c1-4-27-21-12-8-6-10-19(21)25-22(27)26-24-14-17-13-15(2)28(16(17)3)20-11-7-5-9-18(20)23/h5-14H,4H2,1-3H3,(H,25,26)/b24-14-. The van der Waals surface area contributed by atoms with E-state index >= 15 is 0 Å². The van der Waals surface area contributed by atoms with E-state index in [9.17, 15) is 0 Å². The van der Waals surface area contributed by atoms with Crippen LogP contribution in [0.3, 0.4) is 0 Å². The maximum atomic E-state index is 4.65. The lowest BCUT2D eigenvalue weighted by Gasteiger charge is -2.11. The molecule has 4 aromatic rings. The number of hydrazone groups is 1. The minimum atomic E-state index is 0.750. The number of aryl methyl sites for hydroxylation is 2. The largest absolute Gasteiger partial charge is 0.317 e. The van der Waals surface area contributed by atoms with Crippen molar-refractivity contribution in [3.63, 3.8) is 0 Å². The molecule has 0 unspecified atom stereocenters. The number of aromatic nitrogens is 3. The summed E-state index contributed by atoms with van der Waals surface area (Å²) in [6, 6.07) is 18.5. The molecule has 2 aromatic carbocycles. The molecule has 4 rings (SSSR count). The maximum Gasteiger partial charge on any atom is 0.224 e. The highest BCUT2D eigenvalue weighted by atomic mass is 79.9. The first-order chi connectivity index (χ1) is 13.6. The Morgan fingerprint density at radius 2 is 1.86 bits per heavy atom. The van der Waals surface area contributed by atoms with Crippen LogP contribution in [0, 0.1) is 13.8 Å². The fourth-order valence-electron chi connectivity index (χ4n) is 3.56. The average molecular weight is 436 g/mol. The lowest BCUT2D eigenvalue weighted by Crippen LogP contribution is -2.02. The Kier molecular flexibility index (Phi) is 5.05. The molecule has 0 aliphatic rings. The van der Waals surface area contributed by atoms with E-state index in [2.05, 4.69) is 85.6 Å². The molecule has 0 spiro atoms. The van der Waals surface area contributed by atoms with Crippen molar-refractivity contribution in [2.45, 2.75) is 27.3 Å². The summed E-state index contributed by atoms with van der Waals surface area (Å²) in [7, 11) is 0. The summed E-state index contributed by atoms with van der Waals surface area (Å²) in [5.41, 5.74) is 9.67. The van der Waals surface area contributed by atoms with Crippen molar-refractivity contribution in [3.8, 4) is 5.69 Å². The first-order valence-electron chi connectivity index (χ1n) is 9.28. The summed E-state index contributed by atoms with van der Waals surface area (Å²) in [6.45, 7) is 7.14. The van der Waals surface area contributed by atoms with Gasteiger partial charge in [-0.15, -0.1) is 0 Å². The van der Waals surface area contributed by atoms with Crippen LogP contribution < -0.4 is 5.43 Å². The second kappa shape index (κ2) is 7.64. The van der Waals surface area contributed by atoms with Crippen molar-refractivity contribution in [3.05, 3.63) is 76.0 Å². The Bertz CT molecular complexity index is 1170. The van der Waals surface area contributed by atoms with E-state index in [0.717, 1.165) is 50.6 Å². The molecule has 0 aliphatic heterocycles. The zero-order valence-corrected chi connectivity index (χ0v) is 17.7. The number of nitrogens with zero attached hydrogens (tertiary/aromatic N) is 4. The van der Waals surface area contributed by atoms with Crippen LogP contribution in [0.2, 0.25) is 0 Å². The van der Waals surface area contributed by atoms with Gasteiger partial charge in [-0.05, 0) is 67.0 Å². The van der Waals surface area contributed by atoms with Gasteiger partial charge in [0.1, 0.15) is 0 Å². The molecule has 0 fully saturated rings. The van der Waals surface area contributed by atoms with Gasteiger partial charge in [-0.1, -0.05) is 24.3 Å². The molecule has 0 bridgehead atoms. The zero-order valence-electron chi connectivity index (χ0n) is 16.1. The number of hydrogen-bond donors (Lipinski definition) is 1. The van der Waals surface area contributed by atoms with Crippen LogP contribution in [-0.2, 0) is 6.54 Å². The Hall–Kier alpha value is -2.86. The predicted octanol–water partition coefficient (Wildman–Crippen LogP) is 5.67. The number of fused-ring (bicyclic) bond motifs is 1. The van der Waals surface area contributed by atoms with Crippen LogP contribution in [0.4, 0.5) is 5.95 Å². The van der Waals surface area contributed by atoms with Gasteiger partial charge in [0.05, 0.1) is 22.9 Å². The van der Waals surface area contributed by atoms with Crippen molar-refractivity contribution in [2.24, 2.45) is 5.10 Å². The van der Waals surface area contributed by atoms with Crippen LogP contribution in [0.5, 0.6) is 0 Å². The summed E-state index contributed by atoms with van der Waals surface area (Å²) < 4.78 is 5.42. The lowest BCUT2D eigenvalue weighted by molar-refractivity contribution is 0.791. The van der Waals surface area contributed by atoms with E-state index in [-0.39, 0.29) is 0 Å². The fraction of sp³-hybridized carbons (Fsp3) is 0.182. The molecule has 2 aromatic heterocycles. The third-order valence-corrected chi connectivity index (χ3v) is 5.57. The number of halogens is 1. The van der Waals surface area contributed by atoms with Crippen LogP contribution >= 0.6 is 15.9 Å². The van der Waals surface area contributed by atoms with Crippen LogP contribution in [-0.4, -0.2) is 20.3 Å². The number of nitrogens with one attached hydrogen (secondary N) is 1. The smallest absolute Gasteiger partial charge is 0.224 e. The Balaban J connectivity index is 1.63. The molecular weight excluding hydrogens is 414 g/mol. The van der Waals surface area contributed by atoms with Gasteiger partial charge < -0.3 is 9.13 Å². The number of imidazole rings is 1. The number of para-hydroxylation sites is 3. The van der Waals surface area contributed by atoms with Gasteiger partial charge in [-0.2, -0.15) is 5.10 Å². The molecular formula is C22H22BrN5. The van der Waals surface area contributed by atoms with E-state index in [0.29, 0.717) is 0 Å². The molecule has 0 atom stereocenters. The van der Waals surface area contributed by atoms with Gasteiger partial charge in [0, 0.05) is 28.0 Å². The summed E-state index contributed by atoms with van der Waals surface area (Å²) in [6.07, 6.45) is 1.86. The monoisotopic (exact) mass is 435 g/mol. The summed E-state index contributed by atoms with van der Waals surface area (Å²) in [4.78, 5) is 4.65. The molecule has 6 heteroatoms. The van der Waals surface area contributed by atoms with E-state index < -0.39 is 0 Å².